The van der Waals surface area contributed by atoms with Gasteiger partial charge in [0.05, 0.1) is 31.9 Å². The molecule has 2 saturated heterocycles. The maximum Gasteiger partial charge on any atom is 0.236 e. The first kappa shape index (κ1) is 18.3. The normalized spacial score (nSPS) is 24.9. The number of rotatable bonds is 5. The number of carbonyl (C=O) groups excluding carboxylic acids is 1. The van der Waals surface area contributed by atoms with E-state index in [9.17, 15) is 9.90 Å². The lowest BCUT2D eigenvalue weighted by Crippen LogP contribution is -2.49. The lowest BCUT2D eigenvalue weighted by Gasteiger charge is -2.33. The van der Waals surface area contributed by atoms with Crippen LogP contribution in [0.3, 0.4) is 0 Å². The third-order valence-corrected chi connectivity index (χ3v) is 5.10. The fourth-order valence-electron chi connectivity index (χ4n) is 3.63. The van der Waals surface area contributed by atoms with Gasteiger partial charge in [0.15, 0.2) is 0 Å². The molecular weight excluding hydrogens is 318 g/mol. The Bertz CT molecular complexity index is 572. The first-order chi connectivity index (χ1) is 12.0. The molecule has 0 unspecified atom stereocenters. The molecule has 1 amide bonds. The number of carbonyl (C=O) groups is 1. The van der Waals surface area contributed by atoms with Gasteiger partial charge in [0.25, 0.3) is 0 Å². The van der Waals surface area contributed by atoms with Crippen LogP contribution in [0.1, 0.15) is 11.1 Å². The zero-order chi connectivity index (χ0) is 17.8. The van der Waals surface area contributed by atoms with E-state index in [1.54, 1.807) is 4.90 Å². The van der Waals surface area contributed by atoms with E-state index in [4.69, 9.17) is 4.74 Å². The first-order valence-electron chi connectivity index (χ1n) is 9.04. The quantitative estimate of drug-likeness (QED) is 0.832. The number of nitrogens with zero attached hydrogens (tertiary/aromatic N) is 3. The Hall–Kier alpha value is -1.47. The van der Waals surface area contributed by atoms with Crippen LogP contribution in [0.4, 0.5) is 0 Å². The number of morpholine rings is 1. The Kier molecular flexibility index (Phi) is 6.06. The van der Waals surface area contributed by atoms with Gasteiger partial charge in [0, 0.05) is 32.7 Å². The average Bonchev–Trinajstić information content (AvgIpc) is 3.00. The van der Waals surface area contributed by atoms with Crippen molar-refractivity contribution in [3.63, 3.8) is 0 Å². The van der Waals surface area contributed by atoms with Crippen molar-refractivity contribution in [2.45, 2.75) is 25.6 Å². The number of β-amino-alcohol motifs (C(OH)–C–C–N with tert-alkyl or cyclic N) is 1. The molecule has 1 aromatic carbocycles. The van der Waals surface area contributed by atoms with E-state index in [2.05, 4.69) is 36.1 Å². The summed E-state index contributed by atoms with van der Waals surface area (Å²) in [5, 5.41) is 10.4. The number of ether oxygens (including phenoxy) is 1. The third-order valence-electron chi connectivity index (χ3n) is 5.10. The number of aliphatic hydroxyl groups is 1. The lowest BCUT2D eigenvalue weighted by molar-refractivity contribution is -0.131. The van der Waals surface area contributed by atoms with Gasteiger partial charge < -0.3 is 14.7 Å². The van der Waals surface area contributed by atoms with E-state index in [0.717, 1.165) is 19.6 Å². The minimum Gasteiger partial charge on any atom is -0.390 e. The highest BCUT2D eigenvalue weighted by molar-refractivity contribution is 5.78. The molecule has 6 nitrogen and oxygen atoms in total. The van der Waals surface area contributed by atoms with Crippen molar-refractivity contribution in [1.82, 2.24) is 14.7 Å². The molecular formula is C19H29N3O3. The van der Waals surface area contributed by atoms with E-state index in [1.165, 1.54) is 11.1 Å². The molecule has 2 atom stereocenters. The summed E-state index contributed by atoms with van der Waals surface area (Å²) in [7, 11) is 1.96. The zero-order valence-electron chi connectivity index (χ0n) is 15.2. The van der Waals surface area contributed by atoms with Gasteiger partial charge >= 0.3 is 0 Å². The Balaban J connectivity index is 1.50. The maximum atomic E-state index is 12.6. The van der Waals surface area contributed by atoms with Crippen molar-refractivity contribution in [3.05, 3.63) is 35.4 Å². The van der Waals surface area contributed by atoms with E-state index >= 15 is 0 Å². The van der Waals surface area contributed by atoms with E-state index in [0.29, 0.717) is 32.8 Å². The number of amides is 1. The summed E-state index contributed by atoms with van der Waals surface area (Å²) in [5.41, 5.74) is 2.44. The molecule has 2 aliphatic heterocycles. The Morgan fingerprint density at radius 2 is 1.92 bits per heavy atom. The molecule has 2 fully saturated rings. The van der Waals surface area contributed by atoms with Crippen LogP contribution in [0.15, 0.2) is 24.3 Å². The summed E-state index contributed by atoms with van der Waals surface area (Å²) in [6, 6.07) is 8.42. The molecule has 1 aromatic rings. The second kappa shape index (κ2) is 8.27. The average molecular weight is 347 g/mol. The van der Waals surface area contributed by atoms with Gasteiger partial charge in [-0.1, -0.05) is 29.8 Å². The minimum atomic E-state index is -0.468. The highest BCUT2D eigenvalue weighted by Gasteiger charge is 2.38. The number of aryl methyl sites for hydroxylation is 1. The van der Waals surface area contributed by atoms with Gasteiger partial charge in [0.2, 0.25) is 5.91 Å². The molecule has 25 heavy (non-hydrogen) atoms. The second-order valence-corrected chi connectivity index (χ2v) is 7.24. The van der Waals surface area contributed by atoms with Crippen LogP contribution in [0.2, 0.25) is 0 Å². The molecule has 2 aliphatic rings. The number of hydrogen-bond acceptors (Lipinski definition) is 5. The SMILES string of the molecule is Cc1ccc(CN(C)CC(=O)N2C[C@H](O)[C@@H](N3CCOCC3)C2)cc1. The van der Waals surface area contributed by atoms with Gasteiger partial charge in [-0.25, -0.2) is 0 Å². The van der Waals surface area contributed by atoms with Gasteiger partial charge in [-0.3, -0.25) is 14.6 Å². The predicted octanol–water partition coefficient (Wildman–Crippen LogP) is 0.331. The highest BCUT2D eigenvalue weighted by atomic mass is 16.5. The number of likely N-dealkylation sites (tertiary alicyclic amines) is 1. The first-order valence-corrected chi connectivity index (χ1v) is 9.04. The Morgan fingerprint density at radius 3 is 2.60 bits per heavy atom. The topological polar surface area (TPSA) is 56.2 Å². The monoisotopic (exact) mass is 347 g/mol. The van der Waals surface area contributed by atoms with Crippen LogP contribution >= 0.6 is 0 Å². The number of benzene rings is 1. The van der Waals surface area contributed by atoms with Crippen LogP contribution in [0.5, 0.6) is 0 Å². The molecule has 0 spiro atoms. The van der Waals surface area contributed by atoms with Crippen molar-refractivity contribution in [2.75, 3.05) is 53.0 Å². The molecule has 138 valence electrons. The van der Waals surface area contributed by atoms with Crippen LogP contribution < -0.4 is 0 Å². The van der Waals surface area contributed by atoms with Crippen molar-refractivity contribution in [2.24, 2.45) is 0 Å². The van der Waals surface area contributed by atoms with E-state index in [-0.39, 0.29) is 11.9 Å². The fraction of sp³-hybridized carbons (Fsp3) is 0.632. The molecule has 0 aliphatic carbocycles. The summed E-state index contributed by atoms with van der Waals surface area (Å²) < 4.78 is 5.37. The Labute approximate surface area is 150 Å². The second-order valence-electron chi connectivity index (χ2n) is 7.24. The summed E-state index contributed by atoms with van der Waals surface area (Å²) >= 11 is 0. The van der Waals surface area contributed by atoms with E-state index in [1.807, 2.05) is 11.9 Å². The molecule has 0 bridgehead atoms. The van der Waals surface area contributed by atoms with Crippen molar-refractivity contribution in [3.8, 4) is 0 Å². The number of aliphatic hydroxyl groups excluding tert-OH is 1. The predicted molar refractivity (Wildman–Crippen MR) is 96.3 cm³/mol. The molecule has 0 radical (unpaired) electrons. The summed E-state index contributed by atoms with van der Waals surface area (Å²) in [6.07, 6.45) is -0.468. The van der Waals surface area contributed by atoms with Gasteiger partial charge in [-0.15, -0.1) is 0 Å². The van der Waals surface area contributed by atoms with Gasteiger partial charge in [-0.05, 0) is 19.5 Å². The van der Waals surface area contributed by atoms with Crippen LogP contribution in [-0.4, -0.2) is 90.8 Å². The van der Waals surface area contributed by atoms with Crippen molar-refractivity contribution >= 4 is 5.91 Å². The molecule has 6 heteroatoms. The summed E-state index contributed by atoms with van der Waals surface area (Å²) in [6.45, 7) is 7.30. The van der Waals surface area contributed by atoms with Crippen molar-refractivity contribution < 1.29 is 14.6 Å². The molecule has 0 saturated carbocycles. The minimum absolute atomic E-state index is 0.0373. The number of likely N-dealkylation sites (N-methyl/N-ethyl adjacent to an activating group) is 1. The zero-order valence-corrected chi connectivity index (χ0v) is 15.2. The smallest absolute Gasteiger partial charge is 0.236 e. The van der Waals surface area contributed by atoms with Gasteiger partial charge in [-0.2, -0.15) is 0 Å². The van der Waals surface area contributed by atoms with Gasteiger partial charge in [0.1, 0.15) is 0 Å². The molecule has 2 heterocycles. The number of hydrogen-bond donors (Lipinski definition) is 1. The largest absolute Gasteiger partial charge is 0.390 e. The molecule has 3 rings (SSSR count). The van der Waals surface area contributed by atoms with Crippen LogP contribution in [-0.2, 0) is 16.1 Å². The molecule has 0 aromatic heterocycles. The standard InChI is InChI=1S/C19H29N3O3/c1-15-3-5-16(6-4-15)11-20(2)14-19(24)22-12-17(18(23)13-22)21-7-9-25-10-8-21/h3-6,17-18,23H,7-14H2,1-2H3/t17-,18-/m0/s1. The lowest BCUT2D eigenvalue weighted by atomic mass is 10.1. The van der Waals surface area contributed by atoms with Crippen LogP contribution in [0.25, 0.3) is 0 Å². The van der Waals surface area contributed by atoms with Crippen LogP contribution in [0, 0.1) is 6.92 Å². The van der Waals surface area contributed by atoms with Crippen molar-refractivity contribution in [1.29, 1.82) is 0 Å². The highest BCUT2D eigenvalue weighted by Crippen LogP contribution is 2.18. The summed E-state index contributed by atoms with van der Waals surface area (Å²) in [5.74, 6) is 0.0874. The van der Waals surface area contributed by atoms with E-state index < -0.39 is 6.10 Å². The third kappa shape index (κ3) is 4.79. The Morgan fingerprint density at radius 1 is 1.24 bits per heavy atom. The summed E-state index contributed by atoms with van der Waals surface area (Å²) in [4.78, 5) is 18.7. The fourth-order valence-corrected chi connectivity index (χ4v) is 3.63. The molecule has 1 N–H and O–H groups in total. The maximum absolute atomic E-state index is 12.6.